The zero-order valence-electron chi connectivity index (χ0n) is 13.9. The van der Waals surface area contributed by atoms with E-state index >= 15 is 0 Å². The van der Waals surface area contributed by atoms with Crippen LogP contribution in [0.3, 0.4) is 0 Å². The molecule has 0 fully saturated rings. The summed E-state index contributed by atoms with van der Waals surface area (Å²) in [6.45, 7) is 3.81. The molecule has 24 heavy (non-hydrogen) atoms. The van der Waals surface area contributed by atoms with E-state index in [0.717, 1.165) is 16.7 Å². The number of carbonyl (C=O) groups excluding carboxylic acids is 2. The highest BCUT2D eigenvalue weighted by Gasteiger charge is 2.22. The van der Waals surface area contributed by atoms with Gasteiger partial charge in [-0.3, -0.25) is 4.79 Å². The van der Waals surface area contributed by atoms with Gasteiger partial charge in [-0.1, -0.05) is 29.3 Å². The van der Waals surface area contributed by atoms with Gasteiger partial charge in [0.1, 0.15) is 11.9 Å². The second kappa shape index (κ2) is 7.73. The van der Waals surface area contributed by atoms with Crippen molar-refractivity contribution in [3.8, 4) is 0 Å². The molecule has 1 amide bonds. The van der Waals surface area contributed by atoms with Crippen LogP contribution in [0.25, 0.3) is 0 Å². The standard InChI is InChI=1S/C19H20FNO3/c1-12-8-13(2)10-15(9-12)18(22)21-17(19(23)24-3)11-14-4-6-16(20)7-5-14/h4-10,17H,11H2,1-3H3,(H,21,22)/t17-/m0/s1. The molecule has 1 atom stereocenters. The van der Waals surface area contributed by atoms with Crippen LogP contribution in [0.15, 0.2) is 42.5 Å². The molecule has 0 heterocycles. The third-order valence-corrected chi connectivity index (χ3v) is 3.63. The predicted molar refractivity (Wildman–Crippen MR) is 89.3 cm³/mol. The Labute approximate surface area is 140 Å². The number of hydrogen-bond acceptors (Lipinski definition) is 3. The fourth-order valence-electron chi connectivity index (χ4n) is 2.54. The predicted octanol–water partition coefficient (Wildman–Crippen LogP) is 2.96. The van der Waals surface area contributed by atoms with Crippen LogP contribution in [-0.4, -0.2) is 25.0 Å². The highest BCUT2D eigenvalue weighted by molar-refractivity contribution is 5.97. The molecule has 0 aliphatic heterocycles. The highest BCUT2D eigenvalue weighted by Crippen LogP contribution is 2.11. The van der Waals surface area contributed by atoms with Crippen LogP contribution in [0.4, 0.5) is 4.39 Å². The Balaban J connectivity index is 2.17. The van der Waals surface area contributed by atoms with Crippen molar-refractivity contribution in [1.29, 1.82) is 0 Å². The topological polar surface area (TPSA) is 55.4 Å². The number of esters is 1. The number of methoxy groups -OCH3 is 1. The summed E-state index contributed by atoms with van der Waals surface area (Å²) in [4.78, 5) is 24.4. The van der Waals surface area contributed by atoms with Gasteiger partial charge in [0.05, 0.1) is 7.11 Å². The van der Waals surface area contributed by atoms with Crippen LogP contribution in [0.5, 0.6) is 0 Å². The van der Waals surface area contributed by atoms with E-state index in [9.17, 15) is 14.0 Å². The summed E-state index contributed by atoms with van der Waals surface area (Å²) in [7, 11) is 1.27. The van der Waals surface area contributed by atoms with E-state index in [-0.39, 0.29) is 18.1 Å². The maximum Gasteiger partial charge on any atom is 0.328 e. The van der Waals surface area contributed by atoms with Crippen LogP contribution in [0, 0.1) is 19.7 Å². The minimum atomic E-state index is -0.839. The fraction of sp³-hybridized carbons (Fsp3) is 0.263. The van der Waals surface area contributed by atoms with Gasteiger partial charge in [-0.25, -0.2) is 9.18 Å². The van der Waals surface area contributed by atoms with Gasteiger partial charge in [0.2, 0.25) is 0 Å². The number of hydrogen-bond donors (Lipinski definition) is 1. The van der Waals surface area contributed by atoms with Gasteiger partial charge in [0.15, 0.2) is 0 Å². The average molecular weight is 329 g/mol. The van der Waals surface area contributed by atoms with Crippen molar-refractivity contribution in [1.82, 2.24) is 5.32 Å². The molecule has 2 rings (SSSR count). The third-order valence-electron chi connectivity index (χ3n) is 3.63. The normalized spacial score (nSPS) is 11.7. The maximum absolute atomic E-state index is 13.0. The zero-order valence-corrected chi connectivity index (χ0v) is 13.9. The summed E-state index contributed by atoms with van der Waals surface area (Å²) in [5.74, 6) is -1.25. The molecule has 2 aromatic carbocycles. The monoisotopic (exact) mass is 329 g/mol. The first kappa shape index (κ1) is 17.7. The Morgan fingerprint density at radius 3 is 2.21 bits per heavy atom. The molecule has 1 N–H and O–H groups in total. The lowest BCUT2D eigenvalue weighted by atomic mass is 10.0. The summed E-state index contributed by atoms with van der Waals surface area (Å²) in [5.41, 5.74) is 3.15. The van der Waals surface area contributed by atoms with Gasteiger partial charge in [-0.05, 0) is 43.7 Å². The summed E-state index contributed by atoms with van der Waals surface area (Å²) in [6.07, 6.45) is 0.226. The second-order valence-corrected chi connectivity index (χ2v) is 5.76. The lowest BCUT2D eigenvalue weighted by molar-refractivity contribution is -0.142. The van der Waals surface area contributed by atoms with E-state index in [1.54, 1.807) is 24.3 Å². The number of nitrogens with one attached hydrogen (secondary N) is 1. The molecule has 126 valence electrons. The van der Waals surface area contributed by atoms with Gasteiger partial charge >= 0.3 is 5.97 Å². The minimum Gasteiger partial charge on any atom is -0.467 e. The molecule has 0 radical (unpaired) electrons. The van der Waals surface area contributed by atoms with Crippen molar-refractivity contribution >= 4 is 11.9 Å². The van der Waals surface area contributed by atoms with Crippen molar-refractivity contribution in [3.63, 3.8) is 0 Å². The maximum atomic E-state index is 13.0. The van der Waals surface area contributed by atoms with Crippen LogP contribution in [-0.2, 0) is 16.0 Å². The van der Waals surface area contributed by atoms with Crippen molar-refractivity contribution in [2.75, 3.05) is 7.11 Å². The fourth-order valence-corrected chi connectivity index (χ4v) is 2.54. The molecule has 0 bridgehead atoms. The Bertz CT molecular complexity index is 721. The molecular weight excluding hydrogens is 309 g/mol. The van der Waals surface area contributed by atoms with Gasteiger partial charge in [-0.15, -0.1) is 0 Å². The molecular formula is C19H20FNO3. The number of benzene rings is 2. The first-order valence-corrected chi connectivity index (χ1v) is 7.60. The summed E-state index contributed by atoms with van der Waals surface area (Å²) >= 11 is 0. The Kier molecular flexibility index (Phi) is 5.68. The van der Waals surface area contributed by atoms with E-state index in [1.807, 2.05) is 19.9 Å². The number of ether oxygens (including phenoxy) is 1. The van der Waals surface area contributed by atoms with Crippen molar-refractivity contribution < 1.29 is 18.7 Å². The number of amides is 1. The van der Waals surface area contributed by atoms with Gasteiger partial charge < -0.3 is 10.1 Å². The summed E-state index contributed by atoms with van der Waals surface area (Å²) < 4.78 is 17.8. The van der Waals surface area contributed by atoms with E-state index in [4.69, 9.17) is 4.74 Å². The number of halogens is 1. The van der Waals surface area contributed by atoms with Crippen LogP contribution < -0.4 is 5.32 Å². The lowest BCUT2D eigenvalue weighted by Crippen LogP contribution is -2.43. The molecule has 0 saturated heterocycles. The second-order valence-electron chi connectivity index (χ2n) is 5.76. The summed E-state index contributed by atoms with van der Waals surface area (Å²) in [5, 5.41) is 2.69. The number of carbonyl (C=O) groups is 2. The third kappa shape index (κ3) is 4.65. The minimum absolute atomic E-state index is 0.226. The van der Waals surface area contributed by atoms with Gasteiger partial charge in [-0.2, -0.15) is 0 Å². The SMILES string of the molecule is COC(=O)[C@H](Cc1ccc(F)cc1)NC(=O)c1cc(C)cc(C)c1. The van der Waals surface area contributed by atoms with Crippen molar-refractivity contribution in [2.24, 2.45) is 0 Å². The highest BCUT2D eigenvalue weighted by atomic mass is 19.1. The van der Waals surface area contributed by atoms with E-state index in [1.165, 1.54) is 19.2 Å². The van der Waals surface area contributed by atoms with E-state index in [0.29, 0.717) is 5.56 Å². The number of aryl methyl sites for hydroxylation is 2. The zero-order chi connectivity index (χ0) is 17.7. The summed E-state index contributed by atoms with van der Waals surface area (Å²) in [6, 6.07) is 10.4. The molecule has 0 aliphatic carbocycles. The number of rotatable bonds is 5. The van der Waals surface area contributed by atoms with Crippen molar-refractivity contribution in [2.45, 2.75) is 26.3 Å². The first-order valence-electron chi connectivity index (χ1n) is 7.60. The molecule has 0 aliphatic rings. The Morgan fingerprint density at radius 1 is 1.08 bits per heavy atom. The van der Waals surface area contributed by atoms with Gasteiger partial charge in [0.25, 0.3) is 5.91 Å². The van der Waals surface area contributed by atoms with Crippen molar-refractivity contribution in [3.05, 3.63) is 70.5 Å². The van der Waals surface area contributed by atoms with Crippen LogP contribution in [0.1, 0.15) is 27.0 Å². The Morgan fingerprint density at radius 2 is 1.67 bits per heavy atom. The lowest BCUT2D eigenvalue weighted by Gasteiger charge is -2.17. The molecule has 4 nitrogen and oxygen atoms in total. The van der Waals surface area contributed by atoms with Crippen LogP contribution >= 0.6 is 0 Å². The molecule has 0 aromatic heterocycles. The molecule has 0 unspecified atom stereocenters. The average Bonchev–Trinajstić information content (AvgIpc) is 2.54. The van der Waals surface area contributed by atoms with Gasteiger partial charge in [0, 0.05) is 12.0 Å². The molecule has 5 heteroatoms. The molecule has 2 aromatic rings. The van der Waals surface area contributed by atoms with E-state index in [2.05, 4.69) is 5.32 Å². The molecule has 0 spiro atoms. The first-order chi connectivity index (χ1) is 11.4. The van der Waals surface area contributed by atoms with E-state index < -0.39 is 12.0 Å². The Hall–Kier alpha value is -2.69. The quantitative estimate of drug-likeness (QED) is 0.858. The smallest absolute Gasteiger partial charge is 0.328 e. The molecule has 0 saturated carbocycles. The largest absolute Gasteiger partial charge is 0.467 e. The van der Waals surface area contributed by atoms with Crippen LogP contribution in [0.2, 0.25) is 0 Å².